The van der Waals surface area contributed by atoms with E-state index >= 15 is 0 Å². The van der Waals surface area contributed by atoms with Gasteiger partial charge < -0.3 is 21.1 Å². The zero-order valence-electron chi connectivity index (χ0n) is 16.8. The molecule has 0 atom stereocenters. The molecule has 0 aromatic heterocycles. The molecule has 7 nitrogen and oxygen atoms in total. The summed E-state index contributed by atoms with van der Waals surface area (Å²) < 4.78 is 5.69. The summed E-state index contributed by atoms with van der Waals surface area (Å²) in [6.45, 7) is 0.699. The number of rotatable bonds is 9. The van der Waals surface area contributed by atoms with Gasteiger partial charge in [-0.1, -0.05) is 30.3 Å². The number of benzene rings is 3. The molecule has 0 heterocycles. The number of hydrogen-bond donors (Lipinski definition) is 3. The highest BCUT2D eigenvalue weighted by Gasteiger charge is 2.08. The zero-order chi connectivity index (χ0) is 22.1. The number of hydrogen-bond acceptors (Lipinski definition) is 4. The van der Waals surface area contributed by atoms with E-state index in [1.165, 1.54) is 0 Å². The maximum atomic E-state index is 12.2. The lowest BCUT2D eigenvalue weighted by atomic mass is 10.2. The number of amides is 3. The minimum absolute atomic E-state index is 0.129. The highest BCUT2D eigenvalue weighted by atomic mass is 16.5. The molecule has 0 aliphatic heterocycles. The Balaban J connectivity index is 1.42. The van der Waals surface area contributed by atoms with Gasteiger partial charge in [0.15, 0.2) is 0 Å². The summed E-state index contributed by atoms with van der Waals surface area (Å²) >= 11 is 0. The van der Waals surface area contributed by atoms with E-state index in [9.17, 15) is 14.4 Å². The molecule has 0 unspecified atom stereocenters. The van der Waals surface area contributed by atoms with E-state index in [-0.39, 0.29) is 24.8 Å². The van der Waals surface area contributed by atoms with E-state index in [1.54, 1.807) is 48.5 Å². The van der Waals surface area contributed by atoms with Crippen LogP contribution in [0.2, 0.25) is 0 Å². The number of carbonyl (C=O) groups is 3. The van der Waals surface area contributed by atoms with Crippen LogP contribution in [0, 0.1) is 0 Å². The standard InChI is InChI=1S/C24H23N3O4/c25-23(29)18-6-10-20(11-7-18)31-21-12-8-19(9-13-21)24(30)26-15-14-22(28)27-16-17-4-2-1-3-5-17/h1-13H,14-16H2,(H2,25,29)(H,26,30)(H,27,28). The number of ether oxygens (including phenoxy) is 1. The molecule has 158 valence electrons. The molecular formula is C24H23N3O4. The Morgan fingerprint density at radius 3 is 1.90 bits per heavy atom. The van der Waals surface area contributed by atoms with Gasteiger partial charge in [0.05, 0.1) is 0 Å². The maximum absolute atomic E-state index is 12.2. The van der Waals surface area contributed by atoms with Gasteiger partial charge in [-0.3, -0.25) is 14.4 Å². The summed E-state index contributed by atoms with van der Waals surface area (Å²) in [5.41, 5.74) is 7.09. The van der Waals surface area contributed by atoms with E-state index < -0.39 is 5.91 Å². The molecule has 3 rings (SSSR count). The fourth-order valence-corrected chi connectivity index (χ4v) is 2.77. The Hall–Kier alpha value is -4.13. The minimum Gasteiger partial charge on any atom is -0.457 e. The molecular weight excluding hydrogens is 394 g/mol. The molecule has 3 amide bonds. The SMILES string of the molecule is NC(=O)c1ccc(Oc2ccc(C(=O)NCCC(=O)NCc3ccccc3)cc2)cc1. The monoisotopic (exact) mass is 417 g/mol. The first-order valence-electron chi connectivity index (χ1n) is 9.78. The summed E-state index contributed by atoms with van der Waals surface area (Å²) in [6, 6.07) is 22.7. The predicted octanol–water partition coefficient (Wildman–Crippen LogP) is 3.01. The van der Waals surface area contributed by atoms with Gasteiger partial charge in [-0.25, -0.2) is 0 Å². The van der Waals surface area contributed by atoms with Gasteiger partial charge in [-0.2, -0.15) is 0 Å². The van der Waals surface area contributed by atoms with Crippen LogP contribution in [0.4, 0.5) is 0 Å². The lowest BCUT2D eigenvalue weighted by Gasteiger charge is -2.09. The van der Waals surface area contributed by atoms with Crippen LogP contribution in [-0.2, 0) is 11.3 Å². The zero-order valence-corrected chi connectivity index (χ0v) is 16.8. The average Bonchev–Trinajstić information content (AvgIpc) is 2.79. The van der Waals surface area contributed by atoms with Gasteiger partial charge in [0.2, 0.25) is 11.8 Å². The van der Waals surface area contributed by atoms with Gasteiger partial charge >= 0.3 is 0 Å². The van der Waals surface area contributed by atoms with Crippen molar-refractivity contribution in [2.75, 3.05) is 6.54 Å². The molecule has 4 N–H and O–H groups in total. The van der Waals surface area contributed by atoms with Crippen molar-refractivity contribution in [1.82, 2.24) is 10.6 Å². The maximum Gasteiger partial charge on any atom is 0.251 e. The lowest BCUT2D eigenvalue weighted by molar-refractivity contribution is -0.121. The third-order valence-corrected chi connectivity index (χ3v) is 4.46. The topological polar surface area (TPSA) is 111 Å². The van der Waals surface area contributed by atoms with Gasteiger partial charge in [0.1, 0.15) is 11.5 Å². The second kappa shape index (κ2) is 10.6. The average molecular weight is 417 g/mol. The van der Waals surface area contributed by atoms with Crippen LogP contribution in [-0.4, -0.2) is 24.3 Å². The summed E-state index contributed by atoms with van der Waals surface area (Å²) in [4.78, 5) is 35.3. The lowest BCUT2D eigenvalue weighted by Crippen LogP contribution is -2.30. The van der Waals surface area contributed by atoms with Crippen LogP contribution in [0.5, 0.6) is 11.5 Å². The second-order valence-corrected chi connectivity index (χ2v) is 6.78. The van der Waals surface area contributed by atoms with Gasteiger partial charge in [0.25, 0.3) is 5.91 Å². The first kappa shape index (κ1) is 21.6. The summed E-state index contributed by atoms with van der Waals surface area (Å²) in [7, 11) is 0. The number of primary amides is 1. The highest BCUT2D eigenvalue weighted by Crippen LogP contribution is 2.22. The Morgan fingerprint density at radius 2 is 1.32 bits per heavy atom. The van der Waals surface area contributed by atoms with Crippen LogP contribution in [0.25, 0.3) is 0 Å². The van der Waals surface area contributed by atoms with Crippen molar-refractivity contribution in [3.63, 3.8) is 0 Å². The molecule has 3 aromatic carbocycles. The normalized spacial score (nSPS) is 10.2. The van der Waals surface area contributed by atoms with Crippen molar-refractivity contribution >= 4 is 17.7 Å². The Morgan fingerprint density at radius 1 is 0.742 bits per heavy atom. The van der Waals surface area contributed by atoms with E-state index in [4.69, 9.17) is 10.5 Å². The summed E-state index contributed by atoms with van der Waals surface area (Å²) in [5.74, 6) is 0.187. The van der Waals surface area contributed by atoms with Crippen molar-refractivity contribution in [3.05, 3.63) is 95.6 Å². The Bertz CT molecular complexity index is 1030. The third kappa shape index (κ3) is 6.71. The molecule has 0 fully saturated rings. The van der Waals surface area contributed by atoms with Crippen molar-refractivity contribution in [2.24, 2.45) is 5.73 Å². The van der Waals surface area contributed by atoms with Gasteiger partial charge in [0, 0.05) is 30.6 Å². The highest BCUT2D eigenvalue weighted by molar-refractivity contribution is 5.94. The van der Waals surface area contributed by atoms with Crippen LogP contribution in [0.3, 0.4) is 0 Å². The number of nitrogens with two attached hydrogens (primary N) is 1. The molecule has 0 radical (unpaired) electrons. The minimum atomic E-state index is -0.504. The predicted molar refractivity (Wildman–Crippen MR) is 117 cm³/mol. The fourth-order valence-electron chi connectivity index (χ4n) is 2.77. The van der Waals surface area contributed by atoms with Crippen LogP contribution < -0.4 is 21.1 Å². The smallest absolute Gasteiger partial charge is 0.251 e. The van der Waals surface area contributed by atoms with Crippen LogP contribution in [0.1, 0.15) is 32.7 Å². The van der Waals surface area contributed by atoms with Crippen LogP contribution >= 0.6 is 0 Å². The molecule has 3 aromatic rings. The molecule has 0 saturated heterocycles. The number of nitrogens with one attached hydrogen (secondary N) is 2. The molecule has 7 heteroatoms. The van der Waals surface area contributed by atoms with Gasteiger partial charge in [-0.15, -0.1) is 0 Å². The Kier molecular flexibility index (Phi) is 7.37. The molecule has 0 bridgehead atoms. The Labute approximate surface area is 180 Å². The number of carbonyl (C=O) groups excluding carboxylic acids is 3. The molecule has 0 spiro atoms. The molecule has 31 heavy (non-hydrogen) atoms. The van der Waals surface area contributed by atoms with Crippen molar-refractivity contribution < 1.29 is 19.1 Å². The largest absolute Gasteiger partial charge is 0.457 e. The van der Waals surface area contributed by atoms with Crippen molar-refractivity contribution in [1.29, 1.82) is 0 Å². The molecule has 0 aliphatic rings. The quantitative estimate of drug-likeness (QED) is 0.497. The molecule has 0 aliphatic carbocycles. The van der Waals surface area contributed by atoms with E-state index in [0.717, 1.165) is 5.56 Å². The van der Waals surface area contributed by atoms with Crippen LogP contribution in [0.15, 0.2) is 78.9 Å². The first-order chi connectivity index (χ1) is 15.0. The van der Waals surface area contributed by atoms with E-state index in [2.05, 4.69) is 10.6 Å². The summed E-state index contributed by atoms with van der Waals surface area (Å²) in [6.07, 6.45) is 0.196. The second-order valence-electron chi connectivity index (χ2n) is 6.78. The van der Waals surface area contributed by atoms with Gasteiger partial charge in [-0.05, 0) is 54.1 Å². The van der Waals surface area contributed by atoms with E-state index in [1.807, 2.05) is 30.3 Å². The van der Waals surface area contributed by atoms with Crippen molar-refractivity contribution in [3.8, 4) is 11.5 Å². The summed E-state index contributed by atoms with van der Waals surface area (Å²) in [5, 5.41) is 5.55. The molecule has 0 saturated carbocycles. The van der Waals surface area contributed by atoms with E-state index in [0.29, 0.717) is 29.2 Å². The van der Waals surface area contributed by atoms with Crippen molar-refractivity contribution in [2.45, 2.75) is 13.0 Å². The fraction of sp³-hybridized carbons (Fsp3) is 0.125. The first-order valence-corrected chi connectivity index (χ1v) is 9.78. The third-order valence-electron chi connectivity index (χ3n) is 4.46.